The van der Waals surface area contributed by atoms with Crippen LogP contribution in [0.1, 0.15) is 37.5 Å². The normalized spacial score (nSPS) is 16.1. The Kier molecular flexibility index (Phi) is 3.22. The number of anilines is 1. The van der Waals surface area contributed by atoms with Gasteiger partial charge in [0.25, 0.3) is 0 Å². The molecule has 0 saturated carbocycles. The maximum absolute atomic E-state index is 2.42. The van der Waals surface area contributed by atoms with Crippen LogP contribution in [0.3, 0.4) is 0 Å². The SMILES string of the molecule is Cc1cc(C)c(N2C=[N+](C(C)(C)C)CC2)c(C)c1. The van der Waals surface area contributed by atoms with Gasteiger partial charge >= 0.3 is 0 Å². The van der Waals surface area contributed by atoms with Crippen molar-refractivity contribution in [2.45, 2.75) is 47.1 Å². The Morgan fingerprint density at radius 1 is 1.06 bits per heavy atom. The fraction of sp³-hybridized carbons (Fsp3) is 0.562. The summed E-state index contributed by atoms with van der Waals surface area (Å²) in [6.45, 7) is 15.6. The van der Waals surface area contributed by atoms with Crippen molar-refractivity contribution in [3.05, 3.63) is 28.8 Å². The molecule has 0 spiro atoms. The zero-order chi connectivity index (χ0) is 13.5. The van der Waals surface area contributed by atoms with Gasteiger partial charge in [-0.1, -0.05) is 17.7 Å². The molecular weight excluding hydrogens is 220 g/mol. The fourth-order valence-electron chi connectivity index (χ4n) is 2.80. The maximum atomic E-state index is 2.42. The standard InChI is InChI=1S/C16H25N2/c1-12-9-13(2)15(14(3)10-12)17-7-8-18(11-17)16(4,5)6/h9-11H,7-8H2,1-6H3/q+1. The van der Waals surface area contributed by atoms with Gasteiger partial charge in [0, 0.05) is 0 Å². The summed E-state index contributed by atoms with van der Waals surface area (Å²) in [5, 5.41) is 0. The van der Waals surface area contributed by atoms with Crippen LogP contribution in [0.4, 0.5) is 5.69 Å². The van der Waals surface area contributed by atoms with E-state index >= 15 is 0 Å². The predicted octanol–water partition coefficient (Wildman–Crippen LogP) is 3.27. The van der Waals surface area contributed by atoms with E-state index in [9.17, 15) is 0 Å². The molecule has 0 unspecified atom stereocenters. The Morgan fingerprint density at radius 2 is 1.61 bits per heavy atom. The molecule has 0 bridgehead atoms. The van der Waals surface area contributed by atoms with Crippen LogP contribution in [-0.2, 0) is 0 Å². The summed E-state index contributed by atoms with van der Waals surface area (Å²) < 4.78 is 2.42. The minimum absolute atomic E-state index is 0.210. The third-order valence-electron chi connectivity index (χ3n) is 3.64. The molecule has 98 valence electrons. The Bertz CT molecular complexity index is 469. The van der Waals surface area contributed by atoms with E-state index in [4.69, 9.17) is 0 Å². The molecule has 2 nitrogen and oxygen atoms in total. The molecule has 1 aromatic rings. The highest BCUT2D eigenvalue weighted by Gasteiger charge is 2.30. The van der Waals surface area contributed by atoms with E-state index in [1.807, 2.05) is 0 Å². The monoisotopic (exact) mass is 245 g/mol. The molecule has 0 aliphatic carbocycles. The number of aryl methyl sites for hydroxylation is 3. The molecule has 2 heteroatoms. The van der Waals surface area contributed by atoms with Crippen molar-refractivity contribution in [3.63, 3.8) is 0 Å². The first-order valence-corrected chi connectivity index (χ1v) is 6.75. The zero-order valence-electron chi connectivity index (χ0n) is 12.5. The molecule has 0 aromatic heterocycles. The van der Waals surface area contributed by atoms with Crippen molar-refractivity contribution in [2.75, 3.05) is 18.0 Å². The summed E-state index contributed by atoms with van der Waals surface area (Å²) in [7, 11) is 0. The fourth-order valence-corrected chi connectivity index (χ4v) is 2.80. The van der Waals surface area contributed by atoms with Crippen LogP contribution in [0.2, 0.25) is 0 Å². The van der Waals surface area contributed by atoms with Crippen molar-refractivity contribution < 1.29 is 4.58 Å². The van der Waals surface area contributed by atoms with Crippen LogP contribution in [0, 0.1) is 20.8 Å². The highest BCUT2D eigenvalue weighted by atomic mass is 15.3. The second-order valence-corrected chi connectivity index (χ2v) is 6.42. The highest BCUT2D eigenvalue weighted by Crippen LogP contribution is 2.27. The van der Waals surface area contributed by atoms with E-state index in [0.29, 0.717) is 0 Å². The third-order valence-corrected chi connectivity index (χ3v) is 3.64. The average Bonchev–Trinajstić information content (AvgIpc) is 2.64. The molecule has 0 atom stereocenters. The van der Waals surface area contributed by atoms with E-state index < -0.39 is 0 Å². The largest absolute Gasteiger partial charge is 0.259 e. The van der Waals surface area contributed by atoms with E-state index in [1.54, 1.807) is 0 Å². The predicted molar refractivity (Wildman–Crippen MR) is 78.9 cm³/mol. The average molecular weight is 245 g/mol. The van der Waals surface area contributed by atoms with Crippen molar-refractivity contribution in [3.8, 4) is 0 Å². The van der Waals surface area contributed by atoms with Gasteiger partial charge in [-0.15, -0.1) is 0 Å². The van der Waals surface area contributed by atoms with E-state index in [-0.39, 0.29) is 5.54 Å². The van der Waals surface area contributed by atoms with Crippen molar-refractivity contribution >= 4 is 12.0 Å². The molecule has 1 aromatic carbocycles. The van der Waals surface area contributed by atoms with Crippen LogP contribution in [0.25, 0.3) is 0 Å². The minimum atomic E-state index is 0.210. The smallest absolute Gasteiger partial charge is 0.240 e. The van der Waals surface area contributed by atoms with E-state index in [0.717, 1.165) is 13.1 Å². The minimum Gasteiger partial charge on any atom is -0.259 e. The Labute approximate surface area is 111 Å². The van der Waals surface area contributed by atoms with Gasteiger partial charge < -0.3 is 0 Å². The van der Waals surface area contributed by atoms with Crippen molar-refractivity contribution in [2.24, 2.45) is 0 Å². The molecule has 1 aliphatic rings. The lowest BCUT2D eigenvalue weighted by atomic mass is 10.0. The Hall–Kier alpha value is -1.31. The van der Waals surface area contributed by atoms with Crippen LogP contribution in [0.15, 0.2) is 12.1 Å². The molecule has 0 fully saturated rings. The zero-order valence-corrected chi connectivity index (χ0v) is 12.5. The summed E-state index contributed by atoms with van der Waals surface area (Å²) in [6.07, 6.45) is 2.28. The highest BCUT2D eigenvalue weighted by molar-refractivity contribution is 5.81. The molecule has 0 amide bonds. The van der Waals surface area contributed by atoms with Gasteiger partial charge in [0.05, 0.1) is 5.54 Å². The quantitative estimate of drug-likeness (QED) is 0.688. The van der Waals surface area contributed by atoms with Gasteiger partial charge in [-0.3, -0.25) is 4.58 Å². The lowest BCUT2D eigenvalue weighted by Gasteiger charge is -2.17. The topological polar surface area (TPSA) is 6.25 Å². The summed E-state index contributed by atoms with van der Waals surface area (Å²) in [4.78, 5) is 2.40. The number of hydrogen-bond acceptors (Lipinski definition) is 1. The first kappa shape index (κ1) is 13.1. The summed E-state index contributed by atoms with van der Waals surface area (Å²) in [5.41, 5.74) is 5.69. The molecule has 0 N–H and O–H groups in total. The molecule has 2 rings (SSSR count). The lowest BCUT2D eigenvalue weighted by molar-refractivity contribution is -0.584. The van der Waals surface area contributed by atoms with Gasteiger partial charge in [-0.25, -0.2) is 4.90 Å². The van der Waals surface area contributed by atoms with Gasteiger partial charge in [-0.2, -0.15) is 0 Å². The Balaban J connectivity index is 2.38. The van der Waals surface area contributed by atoms with Gasteiger partial charge in [0.15, 0.2) is 0 Å². The van der Waals surface area contributed by atoms with Crippen molar-refractivity contribution in [1.29, 1.82) is 0 Å². The van der Waals surface area contributed by atoms with E-state index in [1.165, 1.54) is 22.4 Å². The molecule has 1 aliphatic heterocycles. The number of hydrogen-bond donors (Lipinski definition) is 0. The van der Waals surface area contributed by atoms with Crippen LogP contribution >= 0.6 is 0 Å². The van der Waals surface area contributed by atoms with E-state index in [2.05, 4.69) is 69.5 Å². The first-order valence-electron chi connectivity index (χ1n) is 6.75. The number of rotatable bonds is 1. The molecule has 18 heavy (non-hydrogen) atoms. The molecular formula is C16H25N2+. The summed E-state index contributed by atoms with van der Waals surface area (Å²) in [5.74, 6) is 0. The van der Waals surface area contributed by atoms with Gasteiger partial charge in [0.1, 0.15) is 18.8 Å². The Morgan fingerprint density at radius 3 is 2.06 bits per heavy atom. The molecule has 1 heterocycles. The van der Waals surface area contributed by atoms with Gasteiger partial charge in [-0.05, 0) is 52.7 Å². The lowest BCUT2D eigenvalue weighted by Crippen LogP contribution is -2.32. The van der Waals surface area contributed by atoms with Crippen LogP contribution in [0.5, 0.6) is 0 Å². The van der Waals surface area contributed by atoms with Gasteiger partial charge in [0.2, 0.25) is 6.34 Å². The number of nitrogens with zero attached hydrogens (tertiary/aromatic N) is 2. The maximum Gasteiger partial charge on any atom is 0.240 e. The summed E-state index contributed by atoms with van der Waals surface area (Å²) in [6, 6.07) is 4.55. The second-order valence-electron chi connectivity index (χ2n) is 6.42. The second kappa shape index (κ2) is 4.42. The molecule has 0 saturated heterocycles. The van der Waals surface area contributed by atoms with Crippen LogP contribution in [-0.4, -0.2) is 29.5 Å². The summed E-state index contributed by atoms with van der Waals surface area (Å²) >= 11 is 0. The van der Waals surface area contributed by atoms with Crippen LogP contribution < -0.4 is 4.90 Å². The van der Waals surface area contributed by atoms with Crippen molar-refractivity contribution in [1.82, 2.24) is 0 Å². The number of benzene rings is 1. The third kappa shape index (κ3) is 2.43. The molecule has 0 radical (unpaired) electrons. The first-order chi connectivity index (χ1) is 8.29.